The van der Waals surface area contributed by atoms with Crippen molar-refractivity contribution in [1.29, 1.82) is 0 Å². The Kier molecular flexibility index (Phi) is 4.43. The lowest BCUT2D eigenvalue weighted by molar-refractivity contribution is 0.414. The van der Waals surface area contributed by atoms with E-state index >= 15 is 0 Å². The van der Waals surface area contributed by atoms with E-state index in [-0.39, 0.29) is 0 Å². The van der Waals surface area contributed by atoms with Gasteiger partial charge in [0.1, 0.15) is 5.75 Å². The highest BCUT2D eigenvalue weighted by Gasteiger charge is 2.01. The third-order valence-electron chi connectivity index (χ3n) is 2.09. The molecule has 3 heteroatoms. The van der Waals surface area contributed by atoms with Crippen LogP contribution in [0.1, 0.15) is 12.5 Å². The van der Waals surface area contributed by atoms with Gasteiger partial charge in [-0.15, -0.1) is 0 Å². The molecular formula is C11H18N2O. The van der Waals surface area contributed by atoms with Crippen molar-refractivity contribution in [1.82, 2.24) is 10.9 Å². The topological polar surface area (TPSA) is 33.3 Å². The van der Waals surface area contributed by atoms with Crippen molar-refractivity contribution >= 4 is 0 Å². The molecule has 0 fully saturated rings. The van der Waals surface area contributed by atoms with E-state index < -0.39 is 0 Å². The molecule has 1 rings (SSSR count). The first-order valence-electron chi connectivity index (χ1n) is 4.81. The van der Waals surface area contributed by atoms with Crippen LogP contribution in [0.5, 0.6) is 5.75 Å². The largest absolute Gasteiger partial charge is 0.497 e. The van der Waals surface area contributed by atoms with Gasteiger partial charge in [-0.3, -0.25) is 10.9 Å². The number of hydrogen-bond donors (Lipinski definition) is 2. The molecule has 3 nitrogen and oxygen atoms in total. The van der Waals surface area contributed by atoms with Crippen LogP contribution < -0.4 is 15.6 Å². The third kappa shape index (κ3) is 3.36. The van der Waals surface area contributed by atoms with E-state index in [2.05, 4.69) is 29.9 Å². The molecule has 78 valence electrons. The smallest absolute Gasteiger partial charge is 0.118 e. The summed E-state index contributed by atoms with van der Waals surface area (Å²) in [6.07, 6.45) is 1.00. The molecule has 0 aliphatic carbocycles. The predicted octanol–water partition coefficient (Wildman–Crippen LogP) is 1.35. The SMILES string of the molecule is CNNC(C)Cc1ccc(OC)cc1. The fourth-order valence-electron chi connectivity index (χ4n) is 1.41. The van der Waals surface area contributed by atoms with Crippen LogP contribution in [0.3, 0.4) is 0 Å². The molecule has 0 bridgehead atoms. The van der Waals surface area contributed by atoms with Gasteiger partial charge in [0.15, 0.2) is 0 Å². The molecule has 2 N–H and O–H groups in total. The van der Waals surface area contributed by atoms with Crippen LogP contribution in [0, 0.1) is 0 Å². The third-order valence-corrected chi connectivity index (χ3v) is 2.09. The number of hydrazine groups is 1. The number of benzene rings is 1. The second-order valence-electron chi connectivity index (χ2n) is 3.35. The minimum atomic E-state index is 0.424. The van der Waals surface area contributed by atoms with Gasteiger partial charge in [-0.05, 0) is 38.1 Å². The molecule has 0 aliphatic heterocycles. The first kappa shape index (κ1) is 11.0. The van der Waals surface area contributed by atoms with Gasteiger partial charge in [0.2, 0.25) is 0 Å². The Labute approximate surface area is 85.4 Å². The minimum Gasteiger partial charge on any atom is -0.497 e. The average Bonchev–Trinajstić information content (AvgIpc) is 2.19. The number of methoxy groups -OCH3 is 1. The van der Waals surface area contributed by atoms with Crippen molar-refractivity contribution in [3.8, 4) is 5.75 Å². The fraction of sp³-hybridized carbons (Fsp3) is 0.455. The molecule has 0 radical (unpaired) electrons. The van der Waals surface area contributed by atoms with Crippen molar-refractivity contribution in [3.63, 3.8) is 0 Å². The summed E-state index contributed by atoms with van der Waals surface area (Å²) in [6.45, 7) is 2.14. The summed E-state index contributed by atoms with van der Waals surface area (Å²) >= 11 is 0. The molecule has 1 aromatic rings. The van der Waals surface area contributed by atoms with E-state index in [1.807, 2.05) is 19.2 Å². The lowest BCUT2D eigenvalue weighted by atomic mass is 10.1. The van der Waals surface area contributed by atoms with Crippen molar-refractivity contribution < 1.29 is 4.74 Å². The molecule has 1 aromatic carbocycles. The summed E-state index contributed by atoms with van der Waals surface area (Å²) in [4.78, 5) is 0. The molecule has 0 amide bonds. The molecule has 0 aromatic heterocycles. The zero-order valence-corrected chi connectivity index (χ0v) is 9.00. The van der Waals surface area contributed by atoms with Crippen LogP contribution in [0.15, 0.2) is 24.3 Å². The summed E-state index contributed by atoms with van der Waals surface area (Å²) in [5.41, 5.74) is 7.38. The Morgan fingerprint density at radius 3 is 2.43 bits per heavy atom. The predicted molar refractivity (Wildman–Crippen MR) is 58.4 cm³/mol. The summed E-state index contributed by atoms with van der Waals surface area (Å²) in [5, 5.41) is 0. The molecule has 1 unspecified atom stereocenters. The highest BCUT2D eigenvalue weighted by Crippen LogP contribution is 2.12. The second kappa shape index (κ2) is 5.62. The van der Waals surface area contributed by atoms with E-state index in [1.165, 1.54) is 5.56 Å². The van der Waals surface area contributed by atoms with Gasteiger partial charge in [0.25, 0.3) is 0 Å². The second-order valence-corrected chi connectivity index (χ2v) is 3.35. The van der Waals surface area contributed by atoms with Crippen molar-refractivity contribution in [3.05, 3.63) is 29.8 Å². The van der Waals surface area contributed by atoms with E-state index in [4.69, 9.17) is 4.74 Å². The molecule has 0 saturated carbocycles. The van der Waals surface area contributed by atoms with Gasteiger partial charge < -0.3 is 4.74 Å². The Morgan fingerprint density at radius 2 is 1.93 bits per heavy atom. The zero-order chi connectivity index (χ0) is 10.4. The van der Waals surface area contributed by atoms with E-state index in [1.54, 1.807) is 7.11 Å². The maximum absolute atomic E-state index is 5.09. The minimum absolute atomic E-state index is 0.424. The van der Waals surface area contributed by atoms with Crippen molar-refractivity contribution in [2.24, 2.45) is 0 Å². The van der Waals surface area contributed by atoms with E-state index in [0.717, 1.165) is 12.2 Å². The number of ether oxygens (including phenoxy) is 1. The lowest BCUT2D eigenvalue weighted by Gasteiger charge is -2.12. The average molecular weight is 194 g/mol. The molecular weight excluding hydrogens is 176 g/mol. The molecule has 0 aliphatic rings. The van der Waals surface area contributed by atoms with Gasteiger partial charge in [0, 0.05) is 6.04 Å². The fourth-order valence-corrected chi connectivity index (χ4v) is 1.41. The summed E-state index contributed by atoms with van der Waals surface area (Å²) in [6, 6.07) is 8.58. The normalized spacial score (nSPS) is 12.5. The van der Waals surface area contributed by atoms with Crippen LogP contribution in [0.4, 0.5) is 0 Å². The van der Waals surface area contributed by atoms with Crippen molar-refractivity contribution in [2.45, 2.75) is 19.4 Å². The molecule has 14 heavy (non-hydrogen) atoms. The standard InChI is InChI=1S/C11H18N2O/c1-9(13-12-2)8-10-4-6-11(14-3)7-5-10/h4-7,9,12-13H,8H2,1-3H3. The number of nitrogens with one attached hydrogen (secondary N) is 2. The zero-order valence-electron chi connectivity index (χ0n) is 9.00. The molecule has 1 atom stereocenters. The lowest BCUT2D eigenvalue weighted by Crippen LogP contribution is -2.37. The Morgan fingerprint density at radius 1 is 1.29 bits per heavy atom. The highest BCUT2D eigenvalue weighted by atomic mass is 16.5. The van der Waals surface area contributed by atoms with Gasteiger partial charge in [0.05, 0.1) is 7.11 Å². The monoisotopic (exact) mass is 194 g/mol. The van der Waals surface area contributed by atoms with Gasteiger partial charge in [-0.25, -0.2) is 0 Å². The Hall–Kier alpha value is -1.06. The van der Waals surface area contributed by atoms with Gasteiger partial charge >= 0.3 is 0 Å². The Bertz CT molecular complexity index is 258. The number of hydrogen-bond acceptors (Lipinski definition) is 3. The van der Waals surface area contributed by atoms with Crippen LogP contribution in [-0.4, -0.2) is 20.2 Å². The Balaban J connectivity index is 2.50. The van der Waals surface area contributed by atoms with Gasteiger partial charge in [-0.1, -0.05) is 12.1 Å². The molecule has 0 heterocycles. The van der Waals surface area contributed by atoms with Crippen LogP contribution in [0.2, 0.25) is 0 Å². The van der Waals surface area contributed by atoms with Gasteiger partial charge in [-0.2, -0.15) is 0 Å². The highest BCUT2D eigenvalue weighted by molar-refractivity contribution is 5.27. The maximum Gasteiger partial charge on any atom is 0.118 e. The summed E-state index contributed by atoms with van der Waals surface area (Å²) < 4.78 is 5.09. The molecule has 0 saturated heterocycles. The molecule has 0 spiro atoms. The van der Waals surface area contributed by atoms with E-state index in [9.17, 15) is 0 Å². The van der Waals surface area contributed by atoms with Crippen LogP contribution >= 0.6 is 0 Å². The first-order chi connectivity index (χ1) is 6.76. The number of rotatable bonds is 5. The van der Waals surface area contributed by atoms with Crippen molar-refractivity contribution in [2.75, 3.05) is 14.2 Å². The summed E-state index contributed by atoms with van der Waals surface area (Å²) in [7, 11) is 3.56. The van der Waals surface area contributed by atoms with E-state index in [0.29, 0.717) is 6.04 Å². The maximum atomic E-state index is 5.09. The van der Waals surface area contributed by atoms with Crippen LogP contribution in [-0.2, 0) is 6.42 Å². The quantitative estimate of drug-likeness (QED) is 0.694. The van der Waals surface area contributed by atoms with Crippen LogP contribution in [0.25, 0.3) is 0 Å². The first-order valence-corrected chi connectivity index (χ1v) is 4.81. The summed E-state index contributed by atoms with van der Waals surface area (Å²) in [5.74, 6) is 0.906.